The molecular formula is C18H17BrFNO3S. The van der Waals surface area contributed by atoms with E-state index in [4.69, 9.17) is 0 Å². The second kappa shape index (κ2) is 7.25. The first-order chi connectivity index (χ1) is 11.9. The van der Waals surface area contributed by atoms with Gasteiger partial charge in [0.1, 0.15) is 5.82 Å². The molecule has 0 aromatic heterocycles. The number of carbonyl (C=O) groups excluding carboxylic acids is 1. The van der Waals surface area contributed by atoms with E-state index in [0.29, 0.717) is 6.42 Å². The highest BCUT2D eigenvalue weighted by atomic mass is 79.9. The van der Waals surface area contributed by atoms with Crippen molar-refractivity contribution < 1.29 is 17.6 Å². The Kier molecular flexibility index (Phi) is 5.24. The van der Waals surface area contributed by atoms with Gasteiger partial charge < -0.3 is 4.90 Å². The van der Waals surface area contributed by atoms with E-state index in [0.717, 1.165) is 10.0 Å². The fourth-order valence-electron chi connectivity index (χ4n) is 3.01. The van der Waals surface area contributed by atoms with Crippen LogP contribution in [0.25, 0.3) is 0 Å². The van der Waals surface area contributed by atoms with Crippen LogP contribution >= 0.6 is 15.9 Å². The predicted octanol–water partition coefficient (Wildman–Crippen LogP) is 3.42. The molecule has 2 aromatic carbocycles. The van der Waals surface area contributed by atoms with Crippen LogP contribution in [0, 0.1) is 5.82 Å². The summed E-state index contributed by atoms with van der Waals surface area (Å²) in [7, 11) is -3.16. The first-order valence-corrected chi connectivity index (χ1v) is 10.5. The van der Waals surface area contributed by atoms with E-state index in [1.165, 1.54) is 23.1 Å². The summed E-state index contributed by atoms with van der Waals surface area (Å²) in [5, 5.41) is 0. The molecule has 7 heteroatoms. The van der Waals surface area contributed by atoms with E-state index >= 15 is 0 Å². The molecule has 0 saturated carbocycles. The highest BCUT2D eigenvalue weighted by molar-refractivity contribution is 9.10. The molecule has 0 aliphatic carbocycles. The maximum atomic E-state index is 14.1. The zero-order valence-corrected chi connectivity index (χ0v) is 15.8. The maximum absolute atomic E-state index is 14.1. The molecule has 1 amide bonds. The molecule has 0 unspecified atom stereocenters. The Morgan fingerprint density at radius 1 is 1.20 bits per heavy atom. The highest BCUT2D eigenvalue weighted by Gasteiger charge is 2.35. The fraction of sp³-hybridized carbons (Fsp3) is 0.278. The lowest BCUT2D eigenvalue weighted by molar-refractivity contribution is 0.0676. The van der Waals surface area contributed by atoms with Crippen LogP contribution < -0.4 is 0 Å². The molecule has 1 aliphatic rings. The lowest BCUT2D eigenvalue weighted by Crippen LogP contribution is -2.41. The van der Waals surface area contributed by atoms with E-state index in [1.807, 2.05) is 24.3 Å². The van der Waals surface area contributed by atoms with Gasteiger partial charge in [0.2, 0.25) is 0 Å². The summed E-state index contributed by atoms with van der Waals surface area (Å²) < 4.78 is 38.6. The average Bonchev–Trinajstić information content (AvgIpc) is 2.92. The standard InChI is InChI=1S/C18H17BrFNO3S/c19-14-5-3-4-13(10-14)11-21(15-8-9-25(23,24)12-15)18(22)16-6-1-2-7-17(16)20/h1-7,10,15H,8-9,11-12H2/t15-/m1/s1. The third-order valence-corrected chi connectivity index (χ3v) is 6.50. The second-order valence-electron chi connectivity index (χ2n) is 6.10. The Bertz CT molecular complexity index is 901. The van der Waals surface area contributed by atoms with Crippen LogP contribution in [0.1, 0.15) is 22.3 Å². The van der Waals surface area contributed by atoms with Crippen molar-refractivity contribution >= 4 is 31.7 Å². The number of amides is 1. The lowest BCUT2D eigenvalue weighted by atomic mass is 10.1. The number of nitrogens with zero attached hydrogens (tertiary/aromatic N) is 1. The van der Waals surface area contributed by atoms with Crippen LogP contribution in [0.3, 0.4) is 0 Å². The molecule has 1 fully saturated rings. The minimum atomic E-state index is -3.16. The van der Waals surface area contributed by atoms with Gasteiger partial charge >= 0.3 is 0 Å². The summed E-state index contributed by atoms with van der Waals surface area (Å²) in [5.41, 5.74) is 0.810. The zero-order valence-electron chi connectivity index (χ0n) is 13.4. The van der Waals surface area contributed by atoms with Crippen LogP contribution in [-0.2, 0) is 16.4 Å². The molecule has 0 spiro atoms. The van der Waals surface area contributed by atoms with Gasteiger partial charge in [0.15, 0.2) is 9.84 Å². The third-order valence-electron chi connectivity index (χ3n) is 4.26. The van der Waals surface area contributed by atoms with E-state index in [2.05, 4.69) is 15.9 Å². The molecule has 3 rings (SSSR count). The second-order valence-corrected chi connectivity index (χ2v) is 9.24. The van der Waals surface area contributed by atoms with Gasteiger partial charge in [-0.1, -0.05) is 40.2 Å². The van der Waals surface area contributed by atoms with Gasteiger partial charge in [-0.25, -0.2) is 12.8 Å². The van der Waals surface area contributed by atoms with Crippen molar-refractivity contribution in [2.45, 2.75) is 19.0 Å². The Balaban J connectivity index is 1.94. The molecular weight excluding hydrogens is 409 g/mol. The van der Waals surface area contributed by atoms with Crippen molar-refractivity contribution in [2.24, 2.45) is 0 Å². The number of sulfone groups is 1. The molecule has 132 valence electrons. The molecule has 1 saturated heterocycles. The van der Waals surface area contributed by atoms with Gasteiger partial charge in [0.05, 0.1) is 17.1 Å². The largest absolute Gasteiger partial charge is 0.330 e. The summed E-state index contributed by atoms with van der Waals surface area (Å²) in [6, 6.07) is 12.8. The van der Waals surface area contributed by atoms with Crippen molar-refractivity contribution in [1.29, 1.82) is 0 Å². The van der Waals surface area contributed by atoms with Crippen LogP contribution in [0.15, 0.2) is 53.0 Å². The summed E-state index contributed by atoms with van der Waals surface area (Å²) >= 11 is 3.39. The molecule has 0 bridgehead atoms. The number of halogens is 2. The minimum absolute atomic E-state index is 0.0400. The predicted molar refractivity (Wildman–Crippen MR) is 97.5 cm³/mol. The smallest absolute Gasteiger partial charge is 0.257 e. The Morgan fingerprint density at radius 3 is 2.60 bits per heavy atom. The summed E-state index contributed by atoms with van der Waals surface area (Å²) in [4.78, 5) is 14.4. The number of rotatable bonds is 4. The molecule has 1 heterocycles. The van der Waals surface area contributed by atoms with Crippen molar-refractivity contribution in [3.8, 4) is 0 Å². The van der Waals surface area contributed by atoms with Gasteiger partial charge in [0.25, 0.3) is 5.91 Å². The molecule has 2 aromatic rings. The average molecular weight is 426 g/mol. The van der Waals surface area contributed by atoms with Gasteiger partial charge in [-0.3, -0.25) is 4.79 Å². The molecule has 0 radical (unpaired) electrons. The number of benzene rings is 2. The quantitative estimate of drug-likeness (QED) is 0.753. The van der Waals surface area contributed by atoms with E-state index < -0.39 is 27.6 Å². The molecule has 0 N–H and O–H groups in total. The Hall–Kier alpha value is -1.73. The SMILES string of the molecule is O=C(c1ccccc1F)N(Cc1cccc(Br)c1)[C@@H]1CCS(=O)(=O)C1. The van der Waals surface area contributed by atoms with Crippen LogP contribution in [0.4, 0.5) is 4.39 Å². The first-order valence-electron chi connectivity index (χ1n) is 7.86. The first kappa shape index (κ1) is 18.1. The number of hydrogen-bond donors (Lipinski definition) is 0. The van der Waals surface area contributed by atoms with Crippen molar-refractivity contribution in [2.75, 3.05) is 11.5 Å². The summed E-state index contributed by atoms with van der Waals surface area (Å²) in [5.74, 6) is -1.12. The van der Waals surface area contributed by atoms with Gasteiger partial charge in [-0.05, 0) is 36.2 Å². The van der Waals surface area contributed by atoms with Crippen LogP contribution in [0.2, 0.25) is 0 Å². The van der Waals surface area contributed by atoms with Crippen LogP contribution in [-0.4, -0.2) is 36.8 Å². The topological polar surface area (TPSA) is 54.5 Å². The molecule has 1 aliphatic heterocycles. The third kappa shape index (κ3) is 4.27. The Labute approximate surface area is 154 Å². The number of hydrogen-bond acceptors (Lipinski definition) is 3. The normalized spacial score (nSPS) is 18.9. The molecule has 4 nitrogen and oxygen atoms in total. The van der Waals surface area contributed by atoms with Crippen molar-refractivity contribution in [3.63, 3.8) is 0 Å². The minimum Gasteiger partial charge on any atom is -0.330 e. The lowest BCUT2D eigenvalue weighted by Gasteiger charge is -2.28. The maximum Gasteiger partial charge on any atom is 0.257 e. The summed E-state index contributed by atoms with van der Waals surface area (Å²) in [6.45, 7) is 0.229. The summed E-state index contributed by atoms with van der Waals surface area (Å²) in [6.07, 6.45) is 0.372. The number of carbonyl (C=O) groups is 1. The van der Waals surface area contributed by atoms with Gasteiger partial charge in [-0.2, -0.15) is 0 Å². The fourth-order valence-corrected chi connectivity index (χ4v) is 5.19. The van der Waals surface area contributed by atoms with E-state index in [9.17, 15) is 17.6 Å². The Morgan fingerprint density at radius 2 is 1.96 bits per heavy atom. The van der Waals surface area contributed by atoms with Gasteiger partial charge in [-0.15, -0.1) is 0 Å². The monoisotopic (exact) mass is 425 g/mol. The highest BCUT2D eigenvalue weighted by Crippen LogP contribution is 2.24. The van der Waals surface area contributed by atoms with Crippen molar-refractivity contribution in [3.05, 3.63) is 69.9 Å². The molecule has 25 heavy (non-hydrogen) atoms. The zero-order chi connectivity index (χ0) is 18.0. The van der Waals surface area contributed by atoms with Crippen molar-refractivity contribution in [1.82, 2.24) is 4.90 Å². The molecule has 1 atom stereocenters. The van der Waals surface area contributed by atoms with Gasteiger partial charge in [0, 0.05) is 17.1 Å². The van der Waals surface area contributed by atoms with Crippen LogP contribution in [0.5, 0.6) is 0 Å². The van der Waals surface area contributed by atoms with E-state index in [1.54, 1.807) is 6.07 Å². The van der Waals surface area contributed by atoms with E-state index in [-0.39, 0.29) is 23.6 Å².